The Balaban J connectivity index is 0.00000216. The Morgan fingerprint density at radius 2 is 1.85 bits per heavy atom. The topological polar surface area (TPSA) is 101 Å². The highest BCUT2D eigenvalue weighted by Crippen LogP contribution is 2.28. The molecular weight excluding hydrogens is 504 g/mol. The number of hydrogen-bond acceptors (Lipinski definition) is 5. The molecule has 3 heterocycles. The number of nitrogens with zero attached hydrogens (tertiary/aromatic N) is 4. The molecule has 0 saturated heterocycles. The largest absolute Gasteiger partial charge is 0.496 e. The van der Waals surface area contributed by atoms with Gasteiger partial charge >= 0.3 is 6.03 Å². The van der Waals surface area contributed by atoms with Crippen molar-refractivity contribution in [2.24, 2.45) is 0 Å². The summed E-state index contributed by atoms with van der Waals surface area (Å²) in [5.74, 6) is 2.22. The number of urea groups is 1. The Bertz CT molecular complexity index is 1300. The molecule has 9 nitrogen and oxygen atoms in total. The SMILES string of the molecule is CC.CCNC(=O)N1CCc2cc(OC)c(C(=O)NC(/C=C\C=C(/C)c3nnc4n3CCC4)=C(/C)CC)cc2C1. The zero-order valence-corrected chi connectivity index (χ0v) is 25.1. The van der Waals surface area contributed by atoms with E-state index in [0.717, 1.165) is 65.4 Å². The van der Waals surface area contributed by atoms with E-state index in [1.54, 1.807) is 12.0 Å². The number of nitrogens with one attached hydrogen (secondary N) is 2. The van der Waals surface area contributed by atoms with Crippen LogP contribution in [0.15, 0.2) is 41.6 Å². The number of ether oxygens (including phenoxy) is 1. The van der Waals surface area contributed by atoms with Crippen molar-refractivity contribution in [1.82, 2.24) is 30.3 Å². The summed E-state index contributed by atoms with van der Waals surface area (Å²) in [6.45, 7) is 14.6. The molecule has 0 fully saturated rings. The first-order valence-electron chi connectivity index (χ1n) is 14.4. The van der Waals surface area contributed by atoms with Crippen molar-refractivity contribution in [3.05, 3.63) is 70.0 Å². The van der Waals surface area contributed by atoms with Crippen LogP contribution in [-0.2, 0) is 25.9 Å². The van der Waals surface area contributed by atoms with Gasteiger partial charge in [0.25, 0.3) is 5.91 Å². The van der Waals surface area contributed by atoms with E-state index in [-0.39, 0.29) is 11.9 Å². The van der Waals surface area contributed by atoms with Gasteiger partial charge in [-0.15, -0.1) is 10.2 Å². The van der Waals surface area contributed by atoms with Crippen LogP contribution in [0.4, 0.5) is 4.79 Å². The van der Waals surface area contributed by atoms with E-state index >= 15 is 0 Å². The lowest BCUT2D eigenvalue weighted by molar-refractivity contribution is 0.0963. The zero-order valence-electron chi connectivity index (χ0n) is 25.1. The van der Waals surface area contributed by atoms with Crippen molar-refractivity contribution < 1.29 is 14.3 Å². The number of allylic oxidation sites excluding steroid dienone is 5. The fraction of sp³-hybridized carbons (Fsp3) is 0.484. The Morgan fingerprint density at radius 1 is 1.07 bits per heavy atom. The lowest BCUT2D eigenvalue weighted by Crippen LogP contribution is -2.42. The molecule has 0 unspecified atom stereocenters. The van der Waals surface area contributed by atoms with E-state index in [0.29, 0.717) is 37.4 Å². The monoisotopic (exact) mass is 548 g/mol. The minimum Gasteiger partial charge on any atom is -0.496 e. The van der Waals surface area contributed by atoms with E-state index in [4.69, 9.17) is 4.74 Å². The van der Waals surface area contributed by atoms with E-state index in [1.165, 1.54) is 0 Å². The highest BCUT2D eigenvalue weighted by Gasteiger charge is 2.24. The minimum atomic E-state index is -0.247. The Morgan fingerprint density at radius 3 is 2.55 bits per heavy atom. The molecule has 0 saturated carbocycles. The molecule has 0 bridgehead atoms. The van der Waals surface area contributed by atoms with Crippen LogP contribution < -0.4 is 15.4 Å². The van der Waals surface area contributed by atoms with Gasteiger partial charge in [0, 0.05) is 38.3 Å². The van der Waals surface area contributed by atoms with Crippen LogP contribution in [0.2, 0.25) is 0 Å². The molecule has 216 valence electrons. The van der Waals surface area contributed by atoms with Crippen LogP contribution in [-0.4, -0.2) is 51.8 Å². The Hall–Kier alpha value is -3.88. The van der Waals surface area contributed by atoms with Gasteiger partial charge in [-0.05, 0) is 80.5 Å². The van der Waals surface area contributed by atoms with Crippen LogP contribution in [0, 0.1) is 0 Å². The van der Waals surface area contributed by atoms with Crippen LogP contribution in [0.25, 0.3) is 5.57 Å². The maximum atomic E-state index is 13.5. The van der Waals surface area contributed by atoms with Crippen molar-refractivity contribution >= 4 is 17.5 Å². The molecule has 4 rings (SSSR count). The summed E-state index contributed by atoms with van der Waals surface area (Å²) in [6.07, 6.45) is 9.45. The number of carbonyl (C=O) groups excluding carboxylic acids is 2. The van der Waals surface area contributed by atoms with Crippen molar-refractivity contribution in [3.63, 3.8) is 0 Å². The van der Waals surface area contributed by atoms with Crippen LogP contribution in [0.5, 0.6) is 5.75 Å². The van der Waals surface area contributed by atoms with Crippen molar-refractivity contribution in [1.29, 1.82) is 0 Å². The number of fused-ring (bicyclic) bond motifs is 2. The number of aromatic nitrogens is 3. The molecular formula is C31H44N6O3. The number of carbonyl (C=O) groups is 2. The lowest BCUT2D eigenvalue weighted by Gasteiger charge is -2.29. The van der Waals surface area contributed by atoms with Crippen LogP contribution in [0.3, 0.4) is 0 Å². The van der Waals surface area contributed by atoms with E-state index in [9.17, 15) is 9.59 Å². The molecule has 0 aliphatic carbocycles. The number of aryl methyl sites for hydroxylation is 1. The second kappa shape index (κ2) is 14.5. The van der Waals surface area contributed by atoms with Crippen LogP contribution >= 0.6 is 0 Å². The first-order chi connectivity index (χ1) is 19.4. The molecule has 9 heteroatoms. The average Bonchev–Trinajstić information content (AvgIpc) is 3.60. The summed E-state index contributed by atoms with van der Waals surface area (Å²) in [6, 6.07) is 3.69. The third kappa shape index (κ3) is 7.00. The molecule has 40 heavy (non-hydrogen) atoms. The molecule has 0 radical (unpaired) electrons. The number of benzene rings is 1. The van der Waals surface area contributed by atoms with Gasteiger partial charge in [0.1, 0.15) is 11.6 Å². The van der Waals surface area contributed by atoms with E-state index in [2.05, 4.69) is 32.3 Å². The van der Waals surface area contributed by atoms with Gasteiger partial charge in [0.05, 0.1) is 12.7 Å². The first-order valence-corrected chi connectivity index (χ1v) is 14.4. The van der Waals surface area contributed by atoms with Gasteiger partial charge in [-0.25, -0.2) is 4.79 Å². The predicted molar refractivity (Wildman–Crippen MR) is 159 cm³/mol. The molecule has 2 aliphatic rings. The summed E-state index contributed by atoms with van der Waals surface area (Å²) in [7, 11) is 1.57. The molecule has 0 atom stereocenters. The first kappa shape index (κ1) is 30.7. The van der Waals surface area contributed by atoms with Crippen molar-refractivity contribution in [2.45, 2.75) is 80.3 Å². The van der Waals surface area contributed by atoms with Gasteiger partial charge in [-0.2, -0.15) is 0 Å². The Kier molecular flexibility index (Phi) is 11.1. The third-order valence-electron chi connectivity index (χ3n) is 7.20. The molecule has 2 aromatic rings. The highest BCUT2D eigenvalue weighted by atomic mass is 16.5. The molecule has 1 aromatic heterocycles. The summed E-state index contributed by atoms with van der Waals surface area (Å²) in [5.41, 5.74) is 5.33. The summed E-state index contributed by atoms with van der Waals surface area (Å²) < 4.78 is 7.76. The van der Waals surface area contributed by atoms with E-state index < -0.39 is 0 Å². The molecule has 2 aliphatic heterocycles. The molecule has 1 aromatic carbocycles. The maximum absolute atomic E-state index is 13.5. The molecule has 3 amide bonds. The second-order valence-electron chi connectivity index (χ2n) is 9.73. The van der Waals surface area contributed by atoms with Gasteiger partial charge in [-0.1, -0.05) is 32.9 Å². The molecule has 0 spiro atoms. The highest BCUT2D eigenvalue weighted by molar-refractivity contribution is 5.98. The standard InChI is InChI=1S/C29H38N6O3.C2H6/c1-6-19(3)24(11-8-10-20(4)27-33-32-26-12-9-14-35(26)27)31-28(36)23-16-22-18-34(29(37)30-7-2)15-13-21(22)17-25(23)38-5;1-2/h8,10-11,16-17H,6-7,9,12-15,18H2,1-5H3,(H,30,37)(H,31,36);1-2H3/b11-8-,20-10+,24-19-;. The lowest BCUT2D eigenvalue weighted by atomic mass is 9.96. The average molecular weight is 549 g/mol. The van der Waals surface area contributed by atoms with Crippen LogP contribution in [0.1, 0.15) is 87.5 Å². The predicted octanol–water partition coefficient (Wildman–Crippen LogP) is 5.42. The van der Waals surface area contributed by atoms with Gasteiger partial charge in [0.15, 0.2) is 5.82 Å². The summed E-state index contributed by atoms with van der Waals surface area (Å²) in [5, 5.41) is 14.6. The summed E-state index contributed by atoms with van der Waals surface area (Å²) in [4.78, 5) is 27.6. The van der Waals surface area contributed by atoms with Gasteiger partial charge in [0.2, 0.25) is 0 Å². The van der Waals surface area contributed by atoms with Crippen molar-refractivity contribution in [2.75, 3.05) is 20.2 Å². The summed E-state index contributed by atoms with van der Waals surface area (Å²) >= 11 is 0. The number of hydrogen-bond donors (Lipinski definition) is 2. The number of amides is 3. The fourth-order valence-electron chi connectivity index (χ4n) is 4.85. The maximum Gasteiger partial charge on any atom is 0.317 e. The number of rotatable bonds is 8. The Labute approximate surface area is 238 Å². The smallest absolute Gasteiger partial charge is 0.317 e. The minimum absolute atomic E-state index is 0.0895. The zero-order chi connectivity index (χ0) is 29.2. The third-order valence-corrected chi connectivity index (χ3v) is 7.20. The number of methoxy groups -OCH3 is 1. The quantitative estimate of drug-likeness (QED) is 0.429. The normalized spacial score (nSPS) is 15.1. The van der Waals surface area contributed by atoms with Crippen molar-refractivity contribution in [3.8, 4) is 5.75 Å². The second-order valence-corrected chi connectivity index (χ2v) is 9.73. The molecule has 2 N–H and O–H groups in total. The fourth-order valence-corrected chi connectivity index (χ4v) is 4.85. The van der Waals surface area contributed by atoms with Gasteiger partial charge in [-0.3, -0.25) is 4.79 Å². The van der Waals surface area contributed by atoms with Gasteiger partial charge < -0.3 is 24.8 Å². The van der Waals surface area contributed by atoms with E-state index in [1.807, 2.05) is 65.0 Å².